The second kappa shape index (κ2) is 2.71. The van der Waals surface area contributed by atoms with Crippen LogP contribution in [0.25, 0.3) is 0 Å². The summed E-state index contributed by atoms with van der Waals surface area (Å²) in [6.45, 7) is 0. The SMILES string of the molecule is O=C(O)C([N+](=O)[O-])[N+](=O)[O-]. The number of carbonyl (C=O) groups is 1. The van der Waals surface area contributed by atoms with E-state index in [-0.39, 0.29) is 0 Å². The first-order chi connectivity index (χ1) is 4.46. The maximum Gasteiger partial charge on any atom is 0.544 e. The van der Waals surface area contributed by atoms with Crippen LogP contribution in [-0.4, -0.2) is 27.1 Å². The standard InChI is InChI=1S/C2H2N2O6/c5-2(6)1(3(7)8)4(9)10/h1H,(H,5,6). The quantitative estimate of drug-likeness (QED) is 0.311. The van der Waals surface area contributed by atoms with Gasteiger partial charge in [0.05, 0.1) is 0 Å². The van der Waals surface area contributed by atoms with Crippen molar-refractivity contribution in [1.82, 2.24) is 0 Å². The highest BCUT2D eigenvalue weighted by atomic mass is 16.7. The summed E-state index contributed by atoms with van der Waals surface area (Å²) < 4.78 is 0. The zero-order valence-electron chi connectivity index (χ0n) is 4.46. The summed E-state index contributed by atoms with van der Waals surface area (Å²) in [6.07, 6.45) is -2.75. The summed E-state index contributed by atoms with van der Waals surface area (Å²) in [5.74, 6) is -2.07. The van der Waals surface area contributed by atoms with Gasteiger partial charge >= 0.3 is 12.1 Å². The molecule has 0 fully saturated rings. The average molecular weight is 150 g/mol. The zero-order valence-corrected chi connectivity index (χ0v) is 4.46. The molecule has 0 radical (unpaired) electrons. The van der Waals surface area contributed by atoms with Gasteiger partial charge in [-0.2, -0.15) is 0 Å². The number of aliphatic carboxylic acids is 1. The number of hydrogen-bond acceptors (Lipinski definition) is 5. The molecule has 0 rings (SSSR count). The summed E-state index contributed by atoms with van der Waals surface area (Å²) in [4.78, 5) is 25.9. The Morgan fingerprint density at radius 3 is 1.60 bits per heavy atom. The van der Waals surface area contributed by atoms with E-state index in [2.05, 4.69) is 0 Å². The Hall–Kier alpha value is -1.73. The van der Waals surface area contributed by atoms with Crippen LogP contribution in [0.15, 0.2) is 0 Å². The first-order valence-electron chi connectivity index (χ1n) is 1.96. The third-order valence-electron chi connectivity index (χ3n) is 0.620. The highest BCUT2D eigenvalue weighted by Gasteiger charge is 2.41. The molecule has 0 bridgehead atoms. The summed E-state index contributed by atoms with van der Waals surface area (Å²) in [7, 11) is 0. The fourth-order valence-corrected chi connectivity index (χ4v) is 0.257. The lowest BCUT2D eigenvalue weighted by Crippen LogP contribution is -2.36. The van der Waals surface area contributed by atoms with E-state index in [1.807, 2.05) is 0 Å². The van der Waals surface area contributed by atoms with Crippen LogP contribution in [0.3, 0.4) is 0 Å². The Balaban J connectivity index is 4.43. The van der Waals surface area contributed by atoms with E-state index in [0.29, 0.717) is 0 Å². The van der Waals surface area contributed by atoms with E-state index in [4.69, 9.17) is 5.11 Å². The number of rotatable bonds is 3. The van der Waals surface area contributed by atoms with Crippen molar-refractivity contribution < 1.29 is 19.7 Å². The molecule has 0 saturated heterocycles. The molecule has 0 heterocycles. The van der Waals surface area contributed by atoms with E-state index in [9.17, 15) is 25.0 Å². The van der Waals surface area contributed by atoms with Crippen molar-refractivity contribution in [2.24, 2.45) is 0 Å². The molecule has 56 valence electrons. The van der Waals surface area contributed by atoms with Crippen LogP contribution in [0.1, 0.15) is 0 Å². The molecule has 0 aliphatic heterocycles. The van der Waals surface area contributed by atoms with Crippen molar-refractivity contribution in [1.29, 1.82) is 0 Å². The van der Waals surface area contributed by atoms with E-state index < -0.39 is 22.0 Å². The van der Waals surface area contributed by atoms with Crippen molar-refractivity contribution in [3.05, 3.63) is 20.2 Å². The molecule has 0 unspecified atom stereocenters. The Kier molecular flexibility index (Phi) is 2.24. The Morgan fingerprint density at radius 2 is 1.60 bits per heavy atom. The van der Waals surface area contributed by atoms with Crippen LogP contribution in [0.2, 0.25) is 0 Å². The van der Waals surface area contributed by atoms with E-state index in [1.54, 1.807) is 0 Å². The Labute approximate surface area is 53.4 Å². The van der Waals surface area contributed by atoms with Gasteiger partial charge in [-0.1, -0.05) is 0 Å². The number of nitrogens with zero attached hydrogens (tertiary/aromatic N) is 2. The molecule has 0 aliphatic rings. The lowest BCUT2D eigenvalue weighted by atomic mass is 10.5. The van der Waals surface area contributed by atoms with Crippen molar-refractivity contribution in [2.45, 2.75) is 6.17 Å². The van der Waals surface area contributed by atoms with Gasteiger partial charge in [0.1, 0.15) is 9.85 Å². The molecule has 1 N–H and O–H groups in total. The van der Waals surface area contributed by atoms with Crippen LogP contribution >= 0.6 is 0 Å². The van der Waals surface area contributed by atoms with Gasteiger partial charge in [0, 0.05) is 0 Å². The normalized spacial score (nSPS) is 9.30. The van der Waals surface area contributed by atoms with Gasteiger partial charge in [-0.25, -0.2) is 4.79 Å². The maximum absolute atomic E-state index is 9.70. The molecule has 0 aromatic heterocycles. The van der Waals surface area contributed by atoms with Crippen LogP contribution in [-0.2, 0) is 4.79 Å². The van der Waals surface area contributed by atoms with Crippen LogP contribution in [0.5, 0.6) is 0 Å². The first-order valence-corrected chi connectivity index (χ1v) is 1.96. The van der Waals surface area contributed by atoms with Crippen molar-refractivity contribution in [3.63, 3.8) is 0 Å². The molecular formula is C2H2N2O6. The number of hydrogen-bond donors (Lipinski definition) is 1. The summed E-state index contributed by atoms with van der Waals surface area (Å²) >= 11 is 0. The molecule has 0 aromatic rings. The summed E-state index contributed by atoms with van der Waals surface area (Å²) in [5, 5.41) is 27.0. The van der Waals surface area contributed by atoms with Gasteiger partial charge in [0.2, 0.25) is 0 Å². The average Bonchev–Trinajstić information content (AvgIpc) is 1.59. The highest BCUT2D eigenvalue weighted by molar-refractivity contribution is 5.69. The molecule has 8 nitrogen and oxygen atoms in total. The lowest BCUT2D eigenvalue weighted by molar-refractivity contribution is -0.725. The smallest absolute Gasteiger partial charge is 0.471 e. The van der Waals surface area contributed by atoms with Crippen LogP contribution in [0, 0.1) is 20.2 Å². The minimum Gasteiger partial charge on any atom is -0.471 e. The molecular weight excluding hydrogens is 148 g/mol. The van der Waals surface area contributed by atoms with Gasteiger partial charge in [-0.05, 0) is 0 Å². The summed E-state index contributed by atoms with van der Waals surface area (Å²) in [6, 6.07) is 0. The fraction of sp³-hybridized carbons (Fsp3) is 0.500. The molecule has 0 aromatic carbocycles. The molecule has 8 heteroatoms. The molecule has 0 amide bonds. The van der Waals surface area contributed by atoms with E-state index >= 15 is 0 Å². The molecule has 10 heavy (non-hydrogen) atoms. The van der Waals surface area contributed by atoms with E-state index in [1.165, 1.54) is 0 Å². The minimum absolute atomic E-state index is 1.48. The Bertz CT molecular complexity index is 153. The highest BCUT2D eigenvalue weighted by Crippen LogP contribution is 1.89. The Morgan fingerprint density at radius 1 is 1.30 bits per heavy atom. The summed E-state index contributed by atoms with van der Waals surface area (Å²) in [5.41, 5.74) is 0. The largest absolute Gasteiger partial charge is 0.544 e. The maximum atomic E-state index is 9.70. The predicted molar refractivity (Wildman–Crippen MR) is 25.4 cm³/mol. The third kappa shape index (κ3) is 1.65. The van der Waals surface area contributed by atoms with Gasteiger partial charge in [0.25, 0.3) is 0 Å². The topological polar surface area (TPSA) is 124 Å². The number of carboxylic acids is 1. The first kappa shape index (κ1) is 8.27. The minimum atomic E-state index is -2.75. The molecule has 0 saturated carbocycles. The van der Waals surface area contributed by atoms with Gasteiger partial charge in [-0.3, -0.25) is 20.2 Å². The van der Waals surface area contributed by atoms with Crippen molar-refractivity contribution >= 4 is 5.97 Å². The fourth-order valence-electron chi connectivity index (χ4n) is 0.257. The van der Waals surface area contributed by atoms with E-state index in [0.717, 1.165) is 0 Å². The van der Waals surface area contributed by atoms with Crippen LogP contribution < -0.4 is 0 Å². The van der Waals surface area contributed by atoms with Gasteiger partial charge in [-0.15, -0.1) is 0 Å². The van der Waals surface area contributed by atoms with Crippen molar-refractivity contribution in [2.75, 3.05) is 0 Å². The molecule has 0 atom stereocenters. The van der Waals surface area contributed by atoms with Crippen molar-refractivity contribution in [3.8, 4) is 0 Å². The second-order valence-corrected chi connectivity index (χ2v) is 1.28. The monoisotopic (exact) mass is 150 g/mol. The second-order valence-electron chi connectivity index (χ2n) is 1.28. The predicted octanol–water partition coefficient (Wildman–Crippen LogP) is -1.05. The van der Waals surface area contributed by atoms with Crippen LogP contribution in [0.4, 0.5) is 0 Å². The van der Waals surface area contributed by atoms with Gasteiger partial charge in [0.15, 0.2) is 0 Å². The molecule has 0 spiro atoms. The third-order valence-corrected chi connectivity index (χ3v) is 0.620. The van der Waals surface area contributed by atoms with Gasteiger partial charge < -0.3 is 5.11 Å². The molecule has 0 aliphatic carbocycles. The number of carboxylic acid groups (broad SMARTS) is 1. The lowest BCUT2D eigenvalue weighted by Gasteiger charge is -1.93. The zero-order chi connectivity index (χ0) is 8.31. The number of nitro groups is 2.